The van der Waals surface area contributed by atoms with Gasteiger partial charge in [-0.1, -0.05) is 0 Å². The molecule has 1 aliphatic rings. The molecular weight excluding hydrogens is 480 g/mol. The number of ether oxygens (including phenoxy) is 1. The lowest BCUT2D eigenvalue weighted by molar-refractivity contribution is 0.0730. The second kappa shape index (κ2) is 11.2. The van der Waals surface area contributed by atoms with Gasteiger partial charge in [0.2, 0.25) is 10.0 Å². The molecule has 2 aromatic heterocycles. The normalized spacial score (nSPS) is 16.3. The lowest BCUT2D eigenvalue weighted by Crippen LogP contribution is -2.40. The summed E-state index contributed by atoms with van der Waals surface area (Å²) < 4.78 is 33.5. The first-order chi connectivity index (χ1) is 16.0. The molecule has 1 aromatic carbocycles. The lowest BCUT2D eigenvalue weighted by Gasteiger charge is -2.25. The number of aliphatic hydroxyl groups excluding tert-OH is 1. The third kappa shape index (κ3) is 6.09. The van der Waals surface area contributed by atoms with Crippen LogP contribution in [0.1, 0.15) is 23.7 Å². The molecular formula is C22H28N4O4S3. The van der Waals surface area contributed by atoms with Crippen LogP contribution in [0.4, 0.5) is 0 Å². The molecule has 3 heterocycles. The van der Waals surface area contributed by atoms with Crippen LogP contribution in [0, 0.1) is 5.92 Å². The Morgan fingerprint density at radius 1 is 1.18 bits per heavy atom. The Morgan fingerprint density at radius 3 is 2.61 bits per heavy atom. The molecule has 11 heteroatoms. The molecule has 0 bridgehead atoms. The van der Waals surface area contributed by atoms with E-state index in [0.29, 0.717) is 31.2 Å². The molecule has 33 heavy (non-hydrogen) atoms. The van der Waals surface area contributed by atoms with Crippen LogP contribution in [-0.2, 0) is 27.6 Å². The van der Waals surface area contributed by atoms with Crippen LogP contribution in [-0.4, -0.2) is 71.9 Å². The lowest BCUT2D eigenvalue weighted by atomic mass is 9.98. The minimum Gasteiger partial charge on any atom is -0.396 e. The van der Waals surface area contributed by atoms with E-state index in [4.69, 9.17) is 4.74 Å². The fraction of sp³-hybridized carbons (Fsp3) is 0.500. The average molecular weight is 509 g/mol. The molecule has 0 amide bonds. The van der Waals surface area contributed by atoms with Crippen LogP contribution in [0.2, 0.25) is 0 Å². The summed E-state index contributed by atoms with van der Waals surface area (Å²) in [7, 11) is -3.53. The number of morpholine rings is 1. The van der Waals surface area contributed by atoms with Crippen LogP contribution in [0.15, 0.2) is 40.4 Å². The average Bonchev–Trinajstić information content (AvgIpc) is 3.27. The summed E-state index contributed by atoms with van der Waals surface area (Å²) in [4.78, 5) is 14.8. The molecule has 0 radical (unpaired) electrons. The van der Waals surface area contributed by atoms with Gasteiger partial charge in [0.25, 0.3) is 0 Å². The highest BCUT2D eigenvalue weighted by Gasteiger charge is 2.26. The van der Waals surface area contributed by atoms with Crippen molar-refractivity contribution >= 4 is 43.3 Å². The van der Waals surface area contributed by atoms with Gasteiger partial charge in [0.15, 0.2) is 0 Å². The van der Waals surface area contributed by atoms with Crippen molar-refractivity contribution in [1.29, 1.82) is 0 Å². The quantitative estimate of drug-likeness (QED) is 0.417. The number of nitrogens with zero attached hydrogens (tertiary/aromatic N) is 4. The first-order valence-electron chi connectivity index (χ1n) is 10.9. The third-order valence-electron chi connectivity index (χ3n) is 5.73. The monoisotopic (exact) mass is 508 g/mol. The predicted molar refractivity (Wildman–Crippen MR) is 130 cm³/mol. The van der Waals surface area contributed by atoms with Gasteiger partial charge in [-0.3, -0.25) is 0 Å². The van der Waals surface area contributed by atoms with Crippen molar-refractivity contribution in [3.8, 4) is 0 Å². The van der Waals surface area contributed by atoms with Crippen molar-refractivity contribution in [2.75, 3.05) is 39.2 Å². The zero-order valence-corrected chi connectivity index (χ0v) is 21.0. The fourth-order valence-corrected chi connectivity index (χ4v) is 6.57. The maximum Gasteiger partial charge on any atom is 0.243 e. The summed E-state index contributed by atoms with van der Waals surface area (Å²) in [6, 6.07) is 5.14. The van der Waals surface area contributed by atoms with E-state index in [1.165, 1.54) is 15.6 Å². The largest absolute Gasteiger partial charge is 0.396 e. The maximum atomic E-state index is 12.9. The number of sulfonamides is 1. The van der Waals surface area contributed by atoms with E-state index in [9.17, 15) is 13.5 Å². The number of hydrogen-bond acceptors (Lipinski definition) is 9. The van der Waals surface area contributed by atoms with Gasteiger partial charge < -0.3 is 9.84 Å². The van der Waals surface area contributed by atoms with Crippen LogP contribution < -0.4 is 0 Å². The Labute approximate surface area is 202 Å². The third-order valence-corrected chi connectivity index (χ3v) is 9.38. The molecule has 1 aliphatic heterocycles. The number of rotatable bonds is 10. The number of thiazole rings is 1. The highest BCUT2D eigenvalue weighted by molar-refractivity contribution is 7.98. The maximum absolute atomic E-state index is 12.9. The zero-order chi connectivity index (χ0) is 23.3. The van der Waals surface area contributed by atoms with E-state index in [1.807, 2.05) is 18.6 Å². The Bertz CT molecular complexity index is 1160. The second-order valence-electron chi connectivity index (χ2n) is 7.92. The van der Waals surface area contributed by atoms with Gasteiger partial charge in [0.05, 0.1) is 33.3 Å². The highest BCUT2D eigenvalue weighted by atomic mass is 32.2. The topological polar surface area (TPSA) is 106 Å². The first-order valence-corrected chi connectivity index (χ1v) is 14.4. The van der Waals surface area contributed by atoms with Crippen LogP contribution >= 0.6 is 23.1 Å². The van der Waals surface area contributed by atoms with Gasteiger partial charge in [0, 0.05) is 43.4 Å². The number of aryl methyl sites for hydroxylation is 2. The Hall–Kier alpha value is -1.63. The van der Waals surface area contributed by atoms with E-state index in [-0.39, 0.29) is 12.5 Å². The minimum atomic E-state index is -3.53. The number of fused-ring (bicyclic) bond motifs is 1. The summed E-state index contributed by atoms with van der Waals surface area (Å²) >= 11 is 3.13. The van der Waals surface area contributed by atoms with Crippen molar-refractivity contribution < 1.29 is 18.3 Å². The van der Waals surface area contributed by atoms with Gasteiger partial charge in [0.1, 0.15) is 5.82 Å². The Morgan fingerprint density at radius 2 is 1.91 bits per heavy atom. The van der Waals surface area contributed by atoms with Gasteiger partial charge >= 0.3 is 0 Å². The SMILES string of the molecule is CSc1cnc(CCC(CO)CCc2nc3ccc(S(=O)(=O)N4CCOCC4)cc3s2)nc1. The van der Waals surface area contributed by atoms with Crippen molar-refractivity contribution in [3.63, 3.8) is 0 Å². The van der Waals surface area contributed by atoms with E-state index >= 15 is 0 Å². The molecule has 0 aliphatic carbocycles. The number of benzene rings is 1. The molecule has 4 rings (SSSR count). The van der Waals surface area contributed by atoms with Gasteiger partial charge in [-0.05, 0) is 49.6 Å². The van der Waals surface area contributed by atoms with E-state index in [2.05, 4.69) is 15.0 Å². The fourth-order valence-electron chi connectivity index (χ4n) is 3.72. The smallest absolute Gasteiger partial charge is 0.243 e. The summed E-state index contributed by atoms with van der Waals surface area (Å²) in [5, 5.41) is 10.8. The van der Waals surface area contributed by atoms with Crippen molar-refractivity contribution in [2.45, 2.75) is 35.5 Å². The van der Waals surface area contributed by atoms with Gasteiger partial charge in [-0.25, -0.2) is 23.4 Å². The van der Waals surface area contributed by atoms with Crippen molar-refractivity contribution in [1.82, 2.24) is 19.3 Å². The second-order valence-corrected chi connectivity index (χ2v) is 11.9. The summed E-state index contributed by atoms with van der Waals surface area (Å²) in [5.74, 6) is 0.929. The molecule has 0 saturated carbocycles. The molecule has 0 spiro atoms. The Kier molecular flexibility index (Phi) is 8.31. The summed E-state index contributed by atoms with van der Waals surface area (Å²) in [6.07, 6.45) is 8.72. The summed E-state index contributed by atoms with van der Waals surface area (Å²) in [6.45, 7) is 1.71. The summed E-state index contributed by atoms with van der Waals surface area (Å²) in [5.41, 5.74) is 0.804. The molecule has 178 valence electrons. The molecule has 1 fully saturated rings. The first kappa shape index (κ1) is 24.5. The van der Waals surface area contributed by atoms with Gasteiger partial charge in [-0.15, -0.1) is 23.1 Å². The number of thioether (sulfide) groups is 1. The number of aliphatic hydroxyl groups is 1. The zero-order valence-electron chi connectivity index (χ0n) is 18.5. The van der Waals surface area contributed by atoms with Crippen LogP contribution in [0.5, 0.6) is 0 Å². The number of aromatic nitrogens is 3. The van der Waals surface area contributed by atoms with Crippen molar-refractivity contribution in [3.05, 3.63) is 41.4 Å². The Balaban J connectivity index is 1.37. The highest BCUT2D eigenvalue weighted by Crippen LogP contribution is 2.28. The molecule has 1 saturated heterocycles. The standard InChI is InChI=1S/C22H28N4O4S3/c1-31-17-13-23-21(24-14-17)6-2-16(15-27)3-7-22-25-19-5-4-18(12-20(19)32-22)33(28,29)26-8-10-30-11-9-26/h4-5,12-14,16,27H,2-3,6-11,15H2,1H3. The molecule has 3 aromatic rings. The predicted octanol–water partition coefficient (Wildman–Crippen LogP) is 3.00. The van der Waals surface area contributed by atoms with E-state index in [0.717, 1.165) is 51.6 Å². The van der Waals surface area contributed by atoms with Crippen LogP contribution in [0.25, 0.3) is 10.2 Å². The van der Waals surface area contributed by atoms with E-state index < -0.39 is 10.0 Å². The van der Waals surface area contributed by atoms with Gasteiger partial charge in [-0.2, -0.15) is 4.31 Å². The molecule has 1 atom stereocenters. The van der Waals surface area contributed by atoms with E-state index in [1.54, 1.807) is 30.0 Å². The molecule has 8 nitrogen and oxygen atoms in total. The molecule has 1 N–H and O–H groups in total. The van der Waals surface area contributed by atoms with Crippen LogP contribution in [0.3, 0.4) is 0 Å². The van der Waals surface area contributed by atoms with Crippen molar-refractivity contribution in [2.24, 2.45) is 5.92 Å². The molecule has 1 unspecified atom stereocenters. The number of hydrogen-bond donors (Lipinski definition) is 1. The minimum absolute atomic E-state index is 0.107.